The summed E-state index contributed by atoms with van der Waals surface area (Å²) >= 11 is 12.4. The van der Waals surface area contributed by atoms with Crippen molar-refractivity contribution in [1.29, 1.82) is 0 Å². The van der Waals surface area contributed by atoms with Gasteiger partial charge in [0.1, 0.15) is 5.76 Å². The number of hydrogen-bond donors (Lipinski definition) is 0. The van der Waals surface area contributed by atoms with Crippen LogP contribution in [0.3, 0.4) is 0 Å². The molecule has 1 aromatic carbocycles. The molecule has 6 heteroatoms. The lowest BCUT2D eigenvalue weighted by atomic mass is 9.99. The van der Waals surface area contributed by atoms with Crippen molar-refractivity contribution in [2.75, 3.05) is 7.05 Å². The summed E-state index contributed by atoms with van der Waals surface area (Å²) in [7, 11) is 1.75. The smallest absolute Gasteiger partial charge is 0.229 e. The Bertz CT molecular complexity index is 658. The Labute approximate surface area is 140 Å². The number of carbonyl (C=O) groups excluding carboxylic acids is 1. The van der Waals surface area contributed by atoms with Gasteiger partial charge >= 0.3 is 0 Å². The molecule has 0 saturated carbocycles. The Morgan fingerprint density at radius 1 is 1.32 bits per heavy atom. The molecule has 0 aliphatic rings. The molecule has 2 aromatic rings. The zero-order chi connectivity index (χ0) is 16.4. The lowest BCUT2D eigenvalue weighted by molar-refractivity contribution is -0.131. The standard InChI is InChI=1S/C16H18Cl2N2O2/c1-9(15-13(17)6-5-7-14(15)18)16(21)20(4)8-12-10(2)19-22-11(12)3/h5-7,9H,8H2,1-4H3. The van der Waals surface area contributed by atoms with Crippen LogP contribution in [-0.4, -0.2) is 23.0 Å². The average Bonchev–Trinajstić information content (AvgIpc) is 2.77. The van der Waals surface area contributed by atoms with E-state index in [0.717, 1.165) is 17.0 Å². The van der Waals surface area contributed by atoms with Crippen LogP contribution in [0, 0.1) is 13.8 Å². The van der Waals surface area contributed by atoms with Crippen molar-refractivity contribution >= 4 is 29.1 Å². The van der Waals surface area contributed by atoms with E-state index < -0.39 is 5.92 Å². The second-order valence-corrected chi connectivity index (χ2v) is 6.17. The fraction of sp³-hybridized carbons (Fsp3) is 0.375. The van der Waals surface area contributed by atoms with Gasteiger partial charge in [0.25, 0.3) is 0 Å². The Hall–Kier alpha value is -1.52. The number of amides is 1. The number of carbonyl (C=O) groups is 1. The molecule has 0 aliphatic heterocycles. The number of hydrogen-bond acceptors (Lipinski definition) is 3. The van der Waals surface area contributed by atoms with Crippen LogP contribution in [0.1, 0.15) is 35.4 Å². The molecular weight excluding hydrogens is 323 g/mol. The maximum atomic E-state index is 12.7. The van der Waals surface area contributed by atoms with Crippen LogP contribution in [0.15, 0.2) is 22.7 Å². The highest BCUT2D eigenvalue weighted by molar-refractivity contribution is 6.36. The Morgan fingerprint density at radius 2 is 1.91 bits per heavy atom. The first kappa shape index (κ1) is 16.8. The summed E-state index contributed by atoms with van der Waals surface area (Å²) in [5, 5.41) is 4.90. The zero-order valence-corrected chi connectivity index (χ0v) is 14.5. The third kappa shape index (κ3) is 3.28. The lowest BCUT2D eigenvalue weighted by Crippen LogP contribution is -2.30. The van der Waals surface area contributed by atoms with Crippen molar-refractivity contribution in [1.82, 2.24) is 10.1 Å². The molecule has 1 unspecified atom stereocenters. The van der Waals surface area contributed by atoms with Crippen LogP contribution in [-0.2, 0) is 11.3 Å². The van der Waals surface area contributed by atoms with Crippen LogP contribution in [0.25, 0.3) is 0 Å². The molecule has 0 bridgehead atoms. The molecule has 0 saturated heterocycles. The van der Waals surface area contributed by atoms with Crippen LogP contribution in [0.4, 0.5) is 0 Å². The highest BCUT2D eigenvalue weighted by atomic mass is 35.5. The highest BCUT2D eigenvalue weighted by Crippen LogP contribution is 2.32. The minimum absolute atomic E-state index is 0.0602. The molecule has 0 N–H and O–H groups in total. The zero-order valence-electron chi connectivity index (χ0n) is 13.0. The Balaban J connectivity index is 2.20. The summed E-state index contributed by atoms with van der Waals surface area (Å²) in [5.41, 5.74) is 2.37. The number of nitrogens with zero attached hydrogens (tertiary/aromatic N) is 2. The van der Waals surface area contributed by atoms with E-state index in [-0.39, 0.29) is 5.91 Å². The summed E-state index contributed by atoms with van der Waals surface area (Å²) in [5.74, 6) is 0.238. The molecule has 4 nitrogen and oxygen atoms in total. The van der Waals surface area contributed by atoms with Crippen molar-refractivity contribution in [3.8, 4) is 0 Å². The molecule has 0 radical (unpaired) electrons. The molecule has 118 valence electrons. The summed E-state index contributed by atoms with van der Waals surface area (Å²) < 4.78 is 5.13. The van der Waals surface area contributed by atoms with Gasteiger partial charge in [-0.3, -0.25) is 4.79 Å². The van der Waals surface area contributed by atoms with Crippen LogP contribution in [0.5, 0.6) is 0 Å². The highest BCUT2D eigenvalue weighted by Gasteiger charge is 2.25. The molecule has 0 aliphatic carbocycles. The maximum absolute atomic E-state index is 12.7. The van der Waals surface area contributed by atoms with Crippen molar-refractivity contribution < 1.29 is 9.32 Å². The van der Waals surface area contributed by atoms with Gasteiger partial charge in [-0.05, 0) is 32.9 Å². The maximum Gasteiger partial charge on any atom is 0.229 e. The molecule has 1 aromatic heterocycles. The summed E-state index contributed by atoms with van der Waals surface area (Å²) in [4.78, 5) is 14.3. The molecule has 22 heavy (non-hydrogen) atoms. The quantitative estimate of drug-likeness (QED) is 0.830. The normalized spacial score (nSPS) is 12.3. The first-order valence-electron chi connectivity index (χ1n) is 6.93. The number of benzene rings is 1. The molecule has 0 fully saturated rings. The second kappa shape index (κ2) is 6.71. The van der Waals surface area contributed by atoms with E-state index in [9.17, 15) is 4.79 Å². The topological polar surface area (TPSA) is 46.3 Å². The van der Waals surface area contributed by atoms with E-state index in [4.69, 9.17) is 27.7 Å². The first-order valence-corrected chi connectivity index (χ1v) is 7.69. The van der Waals surface area contributed by atoms with Crippen molar-refractivity contribution in [2.45, 2.75) is 33.2 Å². The van der Waals surface area contributed by atoms with E-state index in [2.05, 4.69) is 5.16 Å². The predicted molar refractivity (Wildman–Crippen MR) is 87.3 cm³/mol. The van der Waals surface area contributed by atoms with Gasteiger partial charge in [-0.25, -0.2) is 0 Å². The third-order valence-corrected chi connectivity index (χ3v) is 4.42. The summed E-state index contributed by atoms with van der Waals surface area (Å²) in [6.45, 7) is 5.94. The van der Waals surface area contributed by atoms with Gasteiger partial charge < -0.3 is 9.42 Å². The van der Waals surface area contributed by atoms with E-state index in [1.54, 1.807) is 37.1 Å². The average molecular weight is 341 g/mol. The van der Waals surface area contributed by atoms with Gasteiger partial charge in [-0.1, -0.05) is 34.4 Å². The molecule has 1 atom stereocenters. The molecule has 1 heterocycles. The molecule has 2 rings (SSSR count). The number of halogens is 2. The van der Waals surface area contributed by atoms with E-state index in [1.807, 2.05) is 13.8 Å². The SMILES string of the molecule is Cc1noc(C)c1CN(C)C(=O)C(C)c1c(Cl)cccc1Cl. The van der Waals surface area contributed by atoms with Crippen molar-refractivity contribution in [3.05, 3.63) is 50.8 Å². The van der Waals surface area contributed by atoms with Crippen LogP contribution < -0.4 is 0 Å². The van der Waals surface area contributed by atoms with Crippen molar-refractivity contribution in [2.24, 2.45) is 0 Å². The van der Waals surface area contributed by atoms with Gasteiger partial charge in [0.05, 0.1) is 18.2 Å². The van der Waals surface area contributed by atoms with E-state index >= 15 is 0 Å². The van der Waals surface area contributed by atoms with Crippen molar-refractivity contribution in [3.63, 3.8) is 0 Å². The molecule has 1 amide bonds. The predicted octanol–water partition coefficient (Wildman–Crippen LogP) is 4.36. The monoisotopic (exact) mass is 340 g/mol. The summed E-state index contributed by atoms with van der Waals surface area (Å²) in [6, 6.07) is 5.24. The van der Waals surface area contributed by atoms with Crippen LogP contribution in [0.2, 0.25) is 10.0 Å². The first-order chi connectivity index (χ1) is 10.3. The fourth-order valence-electron chi connectivity index (χ4n) is 2.42. The number of rotatable bonds is 4. The lowest BCUT2D eigenvalue weighted by Gasteiger charge is -2.22. The fourth-order valence-corrected chi connectivity index (χ4v) is 3.15. The Kier molecular flexibility index (Phi) is 5.14. The van der Waals surface area contributed by atoms with Gasteiger partial charge in [0, 0.05) is 28.2 Å². The Morgan fingerprint density at radius 3 is 2.41 bits per heavy atom. The largest absolute Gasteiger partial charge is 0.361 e. The van der Waals surface area contributed by atoms with E-state index in [0.29, 0.717) is 22.2 Å². The third-order valence-electron chi connectivity index (χ3n) is 3.76. The minimum atomic E-state index is -0.424. The molecular formula is C16H18Cl2N2O2. The number of likely N-dealkylation sites (N-methyl/N-ethyl adjacent to an activating group) is 1. The van der Waals surface area contributed by atoms with Gasteiger partial charge in [-0.15, -0.1) is 0 Å². The molecule has 0 spiro atoms. The summed E-state index contributed by atoms with van der Waals surface area (Å²) in [6.07, 6.45) is 0. The number of aromatic nitrogens is 1. The minimum Gasteiger partial charge on any atom is -0.361 e. The van der Waals surface area contributed by atoms with Gasteiger partial charge in [0.2, 0.25) is 5.91 Å². The number of aryl methyl sites for hydroxylation is 2. The van der Waals surface area contributed by atoms with E-state index in [1.165, 1.54) is 0 Å². The van der Waals surface area contributed by atoms with Gasteiger partial charge in [-0.2, -0.15) is 0 Å². The second-order valence-electron chi connectivity index (χ2n) is 5.35. The van der Waals surface area contributed by atoms with Crippen LogP contribution >= 0.6 is 23.2 Å². The van der Waals surface area contributed by atoms with Gasteiger partial charge in [0.15, 0.2) is 0 Å².